The summed E-state index contributed by atoms with van der Waals surface area (Å²) in [6, 6.07) is -0.205. The zero-order valence-electron chi connectivity index (χ0n) is 9.87. The molecule has 0 unspecified atom stereocenters. The van der Waals surface area contributed by atoms with Crippen molar-refractivity contribution < 1.29 is 23.1 Å². The van der Waals surface area contributed by atoms with Gasteiger partial charge in [0.15, 0.2) is 11.4 Å². The second-order valence-corrected chi connectivity index (χ2v) is 6.50. The second kappa shape index (κ2) is 4.60. The molecule has 0 aliphatic carbocycles. The van der Waals surface area contributed by atoms with E-state index in [9.17, 15) is 13.2 Å². The average molecular weight is 274 g/mol. The number of aromatic carboxylic acids is 1. The van der Waals surface area contributed by atoms with Gasteiger partial charge in [0.1, 0.15) is 9.84 Å². The molecule has 2 rings (SSSR count). The van der Waals surface area contributed by atoms with Gasteiger partial charge in [0, 0.05) is 0 Å². The fourth-order valence-electron chi connectivity index (χ4n) is 2.10. The smallest absolute Gasteiger partial charge is 0.358 e. The monoisotopic (exact) mass is 274 g/mol. The summed E-state index contributed by atoms with van der Waals surface area (Å²) in [5.74, 6) is -0.800. The molecule has 2 heterocycles. The number of methoxy groups -OCH3 is 1. The zero-order chi connectivity index (χ0) is 13.3. The minimum Gasteiger partial charge on any atom is -0.493 e. The van der Waals surface area contributed by atoms with E-state index in [1.807, 2.05) is 0 Å². The number of carboxylic acids is 1. The number of sulfone groups is 1. The summed E-state index contributed by atoms with van der Waals surface area (Å²) in [4.78, 5) is 11.2. The molecule has 0 bridgehead atoms. The number of carbonyl (C=O) groups is 1. The highest BCUT2D eigenvalue weighted by Crippen LogP contribution is 2.28. The molecule has 1 fully saturated rings. The average Bonchev–Trinajstić information content (AvgIpc) is 2.72. The van der Waals surface area contributed by atoms with Gasteiger partial charge in [-0.25, -0.2) is 13.2 Å². The van der Waals surface area contributed by atoms with Crippen LogP contribution in [-0.2, 0) is 9.84 Å². The van der Waals surface area contributed by atoms with Crippen molar-refractivity contribution in [2.24, 2.45) is 0 Å². The lowest BCUT2D eigenvalue weighted by atomic mass is 10.1. The van der Waals surface area contributed by atoms with Gasteiger partial charge in [0.05, 0.1) is 30.9 Å². The lowest BCUT2D eigenvalue weighted by Gasteiger charge is -2.23. The first-order valence-electron chi connectivity index (χ1n) is 5.50. The van der Waals surface area contributed by atoms with Crippen molar-refractivity contribution in [3.63, 3.8) is 0 Å². The largest absolute Gasteiger partial charge is 0.493 e. The Morgan fingerprint density at radius 1 is 1.50 bits per heavy atom. The van der Waals surface area contributed by atoms with E-state index in [1.54, 1.807) is 0 Å². The molecule has 1 aromatic rings. The summed E-state index contributed by atoms with van der Waals surface area (Å²) >= 11 is 0. The standard InChI is InChI=1S/C10H14N2O5S/c1-17-8-6-11-12(9(8)10(13)14)7-2-4-18(15,16)5-3-7/h6-7H,2-5H2,1H3,(H,13,14). The number of hydrogen-bond donors (Lipinski definition) is 1. The van der Waals surface area contributed by atoms with E-state index in [-0.39, 0.29) is 29.0 Å². The van der Waals surface area contributed by atoms with Crippen molar-refractivity contribution in [1.82, 2.24) is 9.78 Å². The third-order valence-electron chi connectivity index (χ3n) is 3.05. The third-order valence-corrected chi connectivity index (χ3v) is 4.77. The van der Waals surface area contributed by atoms with Crippen molar-refractivity contribution in [2.75, 3.05) is 18.6 Å². The van der Waals surface area contributed by atoms with Crippen LogP contribution in [0.15, 0.2) is 6.20 Å². The molecule has 7 nitrogen and oxygen atoms in total. The van der Waals surface area contributed by atoms with E-state index in [1.165, 1.54) is 18.0 Å². The van der Waals surface area contributed by atoms with Gasteiger partial charge in [0.25, 0.3) is 0 Å². The first-order chi connectivity index (χ1) is 8.44. The van der Waals surface area contributed by atoms with Crippen molar-refractivity contribution in [3.05, 3.63) is 11.9 Å². The Kier molecular flexibility index (Phi) is 3.29. The van der Waals surface area contributed by atoms with Crippen LogP contribution in [0.1, 0.15) is 29.4 Å². The molecule has 8 heteroatoms. The molecule has 0 spiro atoms. The van der Waals surface area contributed by atoms with E-state index < -0.39 is 15.8 Å². The third kappa shape index (κ3) is 2.33. The van der Waals surface area contributed by atoms with E-state index in [0.717, 1.165) is 0 Å². The molecule has 1 aliphatic heterocycles. The number of hydrogen-bond acceptors (Lipinski definition) is 5. The van der Waals surface area contributed by atoms with Gasteiger partial charge in [-0.1, -0.05) is 0 Å². The summed E-state index contributed by atoms with van der Waals surface area (Å²) in [5.41, 5.74) is -0.0261. The number of aromatic nitrogens is 2. The molecule has 1 saturated heterocycles. The molecule has 0 radical (unpaired) electrons. The highest BCUT2D eigenvalue weighted by atomic mass is 32.2. The van der Waals surface area contributed by atoms with Crippen LogP contribution in [0.3, 0.4) is 0 Å². The van der Waals surface area contributed by atoms with Crippen molar-refractivity contribution >= 4 is 15.8 Å². The second-order valence-electron chi connectivity index (χ2n) is 4.19. The maximum absolute atomic E-state index is 11.3. The predicted molar refractivity (Wildman–Crippen MR) is 62.7 cm³/mol. The van der Waals surface area contributed by atoms with Crippen LogP contribution in [0, 0.1) is 0 Å². The van der Waals surface area contributed by atoms with Gasteiger partial charge in [0.2, 0.25) is 0 Å². The summed E-state index contributed by atoms with van der Waals surface area (Å²) < 4.78 is 29.0. The molecular formula is C10H14N2O5S. The topological polar surface area (TPSA) is 98.5 Å². The zero-order valence-corrected chi connectivity index (χ0v) is 10.7. The van der Waals surface area contributed by atoms with Crippen LogP contribution in [0.4, 0.5) is 0 Å². The first kappa shape index (κ1) is 12.9. The van der Waals surface area contributed by atoms with Crippen LogP contribution in [0.5, 0.6) is 5.75 Å². The molecule has 0 atom stereocenters. The Bertz CT molecular complexity index is 549. The maximum atomic E-state index is 11.3. The van der Waals surface area contributed by atoms with Crippen LogP contribution < -0.4 is 4.74 Å². The van der Waals surface area contributed by atoms with E-state index >= 15 is 0 Å². The highest BCUT2D eigenvalue weighted by Gasteiger charge is 2.29. The van der Waals surface area contributed by atoms with Gasteiger partial charge in [-0.3, -0.25) is 4.68 Å². The Labute approximate surface area is 104 Å². The molecule has 0 aromatic carbocycles. The fourth-order valence-corrected chi connectivity index (χ4v) is 3.56. The van der Waals surface area contributed by atoms with Crippen LogP contribution in [0.2, 0.25) is 0 Å². The van der Waals surface area contributed by atoms with E-state index in [4.69, 9.17) is 9.84 Å². The number of rotatable bonds is 3. The molecule has 1 aromatic heterocycles. The van der Waals surface area contributed by atoms with E-state index in [2.05, 4.69) is 5.10 Å². The predicted octanol–water partition coefficient (Wildman–Crippen LogP) is 0.340. The molecule has 0 amide bonds. The Hall–Kier alpha value is -1.57. The lowest BCUT2D eigenvalue weighted by molar-refractivity contribution is 0.0675. The van der Waals surface area contributed by atoms with Crippen LogP contribution in [0.25, 0.3) is 0 Å². The first-order valence-corrected chi connectivity index (χ1v) is 7.32. The lowest BCUT2D eigenvalue weighted by Crippen LogP contribution is -2.27. The van der Waals surface area contributed by atoms with Gasteiger partial charge < -0.3 is 9.84 Å². The van der Waals surface area contributed by atoms with Crippen LogP contribution >= 0.6 is 0 Å². The van der Waals surface area contributed by atoms with Crippen molar-refractivity contribution in [2.45, 2.75) is 18.9 Å². The molecule has 1 aliphatic rings. The van der Waals surface area contributed by atoms with Gasteiger partial charge in [-0.05, 0) is 12.8 Å². The molecule has 100 valence electrons. The highest BCUT2D eigenvalue weighted by molar-refractivity contribution is 7.91. The van der Waals surface area contributed by atoms with Crippen LogP contribution in [-0.4, -0.2) is 47.9 Å². The minimum atomic E-state index is -2.98. The molecule has 18 heavy (non-hydrogen) atoms. The molecular weight excluding hydrogens is 260 g/mol. The summed E-state index contributed by atoms with van der Waals surface area (Å²) in [6.45, 7) is 0. The fraction of sp³-hybridized carbons (Fsp3) is 0.600. The number of nitrogens with zero attached hydrogens (tertiary/aromatic N) is 2. The summed E-state index contributed by atoms with van der Waals surface area (Å²) in [6.07, 6.45) is 2.10. The Morgan fingerprint density at radius 2 is 2.11 bits per heavy atom. The van der Waals surface area contributed by atoms with Gasteiger partial charge >= 0.3 is 5.97 Å². The van der Waals surface area contributed by atoms with Crippen molar-refractivity contribution in [1.29, 1.82) is 0 Å². The summed E-state index contributed by atoms with van der Waals surface area (Å²) in [5, 5.41) is 13.1. The number of ether oxygens (including phenoxy) is 1. The normalized spacial score (nSPS) is 19.6. The maximum Gasteiger partial charge on any atom is 0.358 e. The minimum absolute atomic E-state index is 0.0261. The van der Waals surface area contributed by atoms with E-state index in [0.29, 0.717) is 12.8 Å². The molecule has 1 N–H and O–H groups in total. The van der Waals surface area contributed by atoms with Gasteiger partial charge in [-0.15, -0.1) is 0 Å². The summed E-state index contributed by atoms with van der Waals surface area (Å²) in [7, 11) is -1.60. The quantitative estimate of drug-likeness (QED) is 0.853. The molecule has 0 saturated carbocycles. The van der Waals surface area contributed by atoms with Crippen molar-refractivity contribution in [3.8, 4) is 5.75 Å². The number of carboxylic acid groups (broad SMARTS) is 1. The van der Waals surface area contributed by atoms with Gasteiger partial charge in [-0.2, -0.15) is 5.10 Å². The Balaban J connectivity index is 2.29. The Morgan fingerprint density at radius 3 is 2.61 bits per heavy atom. The SMILES string of the molecule is COc1cnn(C2CCS(=O)(=O)CC2)c1C(=O)O.